The Morgan fingerprint density at radius 1 is 1.40 bits per heavy atom. The summed E-state index contributed by atoms with van der Waals surface area (Å²) in [6.07, 6.45) is 7.02. The molecule has 3 rings (SSSR count). The molecule has 1 fully saturated rings. The van der Waals surface area contributed by atoms with Gasteiger partial charge in [-0.3, -0.25) is 4.40 Å². The number of aromatic nitrogens is 3. The molecule has 1 aliphatic rings. The van der Waals surface area contributed by atoms with Crippen LogP contribution in [0.15, 0.2) is 18.6 Å². The van der Waals surface area contributed by atoms with Crippen molar-refractivity contribution >= 4 is 11.7 Å². The first-order valence-corrected chi connectivity index (χ1v) is 4.82. The minimum Gasteiger partial charge on any atom is -0.478 e. The second-order valence-corrected chi connectivity index (χ2v) is 3.78. The van der Waals surface area contributed by atoms with Crippen molar-refractivity contribution < 1.29 is 9.90 Å². The van der Waals surface area contributed by atoms with Crippen LogP contribution >= 0.6 is 0 Å². The van der Waals surface area contributed by atoms with Crippen LogP contribution in [0.2, 0.25) is 0 Å². The highest BCUT2D eigenvalue weighted by molar-refractivity contribution is 5.87. The first kappa shape index (κ1) is 8.40. The number of nitrogens with zero attached hydrogens (tertiary/aromatic N) is 3. The highest BCUT2D eigenvalue weighted by atomic mass is 16.4. The summed E-state index contributed by atoms with van der Waals surface area (Å²) < 4.78 is 1.78. The Morgan fingerprint density at radius 3 is 2.80 bits per heavy atom. The van der Waals surface area contributed by atoms with Crippen molar-refractivity contribution in [3.63, 3.8) is 0 Å². The van der Waals surface area contributed by atoms with Crippen LogP contribution in [-0.2, 0) is 0 Å². The third-order valence-electron chi connectivity index (χ3n) is 2.64. The van der Waals surface area contributed by atoms with Gasteiger partial charge in [0, 0.05) is 24.0 Å². The highest BCUT2D eigenvalue weighted by Crippen LogP contribution is 2.39. The predicted octanol–water partition coefficient (Wildman–Crippen LogP) is 1.30. The molecule has 1 N–H and O–H groups in total. The third kappa shape index (κ3) is 1.27. The second-order valence-electron chi connectivity index (χ2n) is 3.78. The molecule has 5 nitrogen and oxygen atoms in total. The average molecular weight is 203 g/mol. The quantitative estimate of drug-likeness (QED) is 0.798. The van der Waals surface area contributed by atoms with E-state index in [4.69, 9.17) is 5.11 Å². The predicted molar refractivity (Wildman–Crippen MR) is 51.9 cm³/mol. The maximum absolute atomic E-state index is 10.8. The van der Waals surface area contributed by atoms with Crippen LogP contribution in [-0.4, -0.2) is 25.4 Å². The summed E-state index contributed by atoms with van der Waals surface area (Å²) in [6.45, 7) is 0. The summed E-state index contributed by atoms with van der Waals surface area (Å²) in [7, 11) is 0. The van der Waals surface area contributed by atoms with E-state index in [1.807, 2.05) is 0 Å². The van der Waals surface area contributed by atoms with Crippen LogP contribution in [0.1, 0.15) is 34.8 Å². The van der Waals surface area contributed by atoms with Crippen LogP contribution in [0.5, 0.6) is 0 Å². The Bertz CT molecular complexity index is 543. The van der Waals surface area contributed by atoms with Crippen LogP contribution in [0, 0.1) is 0 Å². The molecule has 0 amide bonds. The van der Waals surface area contributed by atoms with Crippen LogP contribution < -0.4 is 0 Å². The molecule has 76 valence electrons. The van der Waals surface area contributed by atoms with Gasteiger partial charge in [-0.1, -0.05) is 0 Å². The Kier molecular flexibility index (Phi) is 1.56. The van der Waals surface area contributed by atoms with Crippen molar-refractivity contribution in [1.29, 1.82) is 0 Å². The van der Waals surface area contributed by atoms with Crippen molar-refractivity contribution in [2.24, 2.45) is 0 Å². The van der Waals surface area contributed by atoms with Gasteiger partial charge >= 0.3 is 5.97 Å². The summed E-state index contributed by atoms with van der Waals surface area (Å²) >= 11 is 0. The molecule has 0 radical (unpaired) electrons. The summed E-state index contributed by atoms with van der Waals surface area (Å²) in [5.41, 5.74) is 1.27. The molecule has 0 bridgehead atoms. The molecule has 1 saturated carbocycles. The van der Waals surface area contributed by atoms with Crippen molar-refractivity contribution in [2.75, 3.05) is 0 Å². The summed E-state index contributed by atoms with van der Waals surface area (Å²) in [5, 5.41) is 8.85. The third-order valence-corrected chi connectivity index (χ3v) is 2.64. The van der Waals surface area contributed by atoms with Crippen molar-refractivity contribution in [3.8, 4) is 0 Å². The fourth-order valence-electron chi connectivity index (χ4n) is 1.68. The Morgan fingerprint density at radius 2 is 2.13 bits per heavy atom. The standard InChI is InChI=1S/C10H9N3O2/c14-9(15)7-3-11-10-12-4-8(6-1-2-6)13(10)5-7/h3-6H,1-2H2,(H,14,15). The van der Waals surface area contributed by atoms with Crippen molar-refractivity contribution in [3.05, 3.63) is 29.8 Å². The summed E-state index contributed by atoms with van der Waals surface area (Å²) in [5.74, 6) is 0.146. The largest absolute Gasteiger partial charge is 0.478 e. The number of aromatic carboxylic acids is 1. The number of fused-ring (bicyclic) bond motifs is 1. The lowest BCUT2D eigenvalue weighted by Gasteiger charge is -1.99. The molecule has 1 aliphatic carbocycles. The number of carboxylic acids is 1. The maximum atomic E-state index is 10.8. The zero-order valence-electron chi connectivity index (χ0n) is 7.92. The maximum Gasteiger partial charge on any atom is 0.338 e. The van der Waals surface area contributed by atoms with Gasteiger partial charge < -0.3 is 5.11 Å². The fourth-order valence-corrected chi connectivity index (χ4v) is 1.68. The molecule has 2 aromatic heterocycles. The lowest BCUT2D eigenvalue weighted by molar-refractivity contribution is 0.0696. The summed E-state index contributed by atoms with van der Waals surface area (Å²) in [4.78, 5) is 18.9. The molecule has 0 aliphatic heterocycles. The minimum absolute atomic E-state index is 0.197. The van der Waals surface area contributed by atoms with E-state index in [0.29, 0.717) is 11.7 Å². The molecule has 5 heteroatoms. The van der Waals surface area contributed by atoms with Crippen molar-refractivity contribution in [2.45, 2.75) is 18.8 Å². The van der Waals surface area contributed by atoms with Gasteiger partial charge in [0.2, 0.25) is 5.78 Å². The van der Waals surface area contributed by atoms with Crippen LogP contribution in [0.3, 0.4) is 0 Å². The lowest BCUT2D eigenvalue weighted by Crippen LogP contribution is -2.02. The molecule has 0 unspecified atom stereocenters. The van der Waals surface area contributed by atoms with Gasteiger partial charge in [0.15, 0.2) is 0 Å². The van der Waals surface area contributed by atoms with E-state index in [0.717, 1.165) is 18.5 Å². The monoisotopic (exact) mass is 203 g/mol. The molecule has 15 heavy (non-hydrogen) atoms. The Hall–Kier alpha value is -1.91. The molecular weight excluding hydrogens is 194 g/mol. The molecule has 0 aromatic carbocycles. The minimum atomic E-state index is -0.958. The van der Waals surface area contributed by atoms with Gasteiger partial charge in [0.1, 0.15) is 0 Å². The topological polar surface area (TPSA) is 67.5 Å². The number of hydrogen-bond donors (Lipinski definition) is 1. The first-order chi connectivity index (χ1) is 7.25. The normalized spacial score (nSPS) is 15.7. The zero-order valence-corrected chi connectivity index (χ0v) is 7.92. The number of rotatable bonds is 2. The van der Waals surface area contributed by atoms with Gasteiger partial charge in [0.05, 0.1) is 11.8 Å². The molecule has 0 saturated heterocycles. The van der Waals surface area contributed by atoms with E-state index < -0.39 is 5.97 Å². The van der Waals surface area contributed by atoms with E-state index in [-0.39, 0.29) is 5.56 Å². The van der Waals surface area contributed by atoms with Gasteiger partial charge in [-0.15, -0.1) is 0 Å². The number of carboxylic acid groups (broad SMARTS) is 1. The molecule has 2 heterocycles. The number of carbonyl (C=O) groups is 1. The van der Waals surface area contributed by atoms with Crippen LogP contribution in [0.4, 0.5) is 0 Å². The van der Waals surface area contributed by atoms with Crippen molar-refractivity contribution in [1.82, 2.24) is 14.4 Å². The second kappa shape index (κ2) is 2.79. The summed E-state index contributed by atoms with van der Waals surface area (Å²) in [6, 6.07) is 0. The number of imidazole rings is 1. The molecule has 2 aromatic rings. The lowest BCUT2D eigenvalue weighted by atomic mass is 10.3. The number of hydrogen-bond acceptors (Lipinski definition) is 3. The van der Waals surface area contributed by atoms with Gasteiger partial charge in [-0.2, -0.15) is 0 Å². The van der Waals surface area contributed by atoms with Gasteiger partial charge in [0.25, 0.3) is 0 Å². The molecule has 0 spiro atoms. The highest BCUT2D eigenvalue weighted by Gasteiger charge is 2.27. The van der Waals surface area contributed by atoms with E-state index in [1.165, 1.54) is 6.20 Å². The first-order valence-electron chi connectivity index (χ1n) is 4.82. The Balaban J connectivity index is 2.21. The Labute approximate surface area is 85.4 Å². The van der Waals surface area contributed by atoms with E-state index >= 15 is 0 Å². The zero-order chi connectivity index (χ0) is 10.4. The van der Waals surface area contributed by atoms with E-state index in [9.17, 15) is 4.79 Å². The van der Waals surface area contributed by atoms with Gasteiger partial charge in [-0.25, -0.2) is 14.8 Å². The smallest absolute Gasteiger partial charge is 0.338 e. The van der Waals surface area contributed by atoms with E-state index in [2.05, 4.69) is 9.97 Å². The fraction of sp³-hybridized carbons (Fsp3) is 0.300. The van der Waals surface area contributed by atoms with Crippen LogP contribution in [0.25, 0.3) is 5.78 Å². The average Bonchev–Trinajstić information content (AvgIpc) is 2.98. The van der Waals surface area contributed by atoms with Gasteiger partial charge in [-0.05, 0) is 12.8 Å². The molecular formula is C10H9N3O2. The van der Waals surface area contributed by atoms with E-state index in [1.54, 1.807) is 16.8 Å². The molecule has 0 atom stereocenters. The SMILES string of the molecule is O=C(O)c1cnc2ncc(C3CC3)n2c1.